The van der Waals surface area contributed by atoms with Crippen LogP contribution in [0, 0.1) is 5.82 Å². The third-order valence-corrected chi connectivity index (χ3v) is 3.99. The molecular weight excluding hydrogens is 329 g/mol. The van der Waals surface area contributed by atoms with Gasteiger partial charge in [-0.3, -0.25) is 9.48 Å². The number of aromatic nitrogens is 2. The Hall–Kier alpha value is -2.67. The Morgan fingerprint density at radius 2 is 2.08 bits per heavy atom. The first-order valence-corrected chi connectivity index (χ1v) is 8.36. The summed E-state index contributed by atoms with van der Waals surface area (Å²) in [6.07, 6.45) is 1.88. The molecule has 3 rings (SSSR count). The van der Waals surface area contributed by atoms with Crippen LogP contribution in [0.1, 0.15) is 0 Å². The number of thiophene rings is 1. The van der Waals surface area contributed by atoms with Gasteiger partial charge in [-0.15, -0.1) is 0 Å². The van der Waals surface area contributed by atoms with Gasteiger partial charge < -0.3 is 10.1 Å². The van der Waals surface area contributed by atoms with Gasteiger partial charge in [0.25, 0.3) is 5.91 Å². The number of hydrogen-bond donors (Lipinski definition) is 1. The fraction of sp³-hybridized carbons (Fsp3) is 0.176. The van der Waals surface area contributed by atoms with Crippen molar-refractivity contribution < 1.29 is 13.9 Å². The van der Waals surface area contributed by atoms with Crippen LogP contribution < -0.4 is 10.1 Å². The van der Waals surface area contributed by atoms with Crippen LogP contribution in [0.4, 0.5) is 4.39 Å². The van der Waals surface area contributed by atoms with Crippen molar-refractivity contribution >= 4 is 17.2 Å². The maximum Gasteiger partial charge on any atom is 0.258 e. The number of amides is 1. The molecule has 24 heavy (non-hydrogen) atoms. The standard InChI is InChI=1S/C17H16FN3O2S/c18-14-1-3-15(4-2-14)23-11-17(22)19-7-9-21-8-5-16(20-21)13-6-10-24-12-13/h1-6,8,10,12H,7,9,11H2,(H,19,22). The Kier molecular flexibility index (Phi) is 5.22. The lowest BCUT2D eigenvalue weighted by Crippen LogP contribution is -2.31. The highest BCUT2D eigenvalue weighted by Crippen LogP contribution is 2.19. The summed E-state index contributed by atoms with van der Waals surface area (Å²) in [6.45, 7) is 0.924. The van der Waals surface area contributed by atoms with E-state index in [0.29, 0.717) is 18.8 Å². The van der Waals surface area contributed by atoms with Crippen LogP contribution in [0.3, 0.4) is 0 Å². The Labute approximate surface area is 142 Å². The van der Waals surface area contributed by atoms with E-state index in [-0.39, 0.29) is 18.3 Å². The second-order valence-corrected chi connectivity index (χ2v) is 5.85. The lowest BCUT2D eigenvalue weighted by atomic mass is 10.2. The molecule has 0 saturated carbocycles. The average Bonchev–Trinajstić information content (AvgIpc) is 3.25. The van der Waals surface area contributed by atoms with E-state index in [1.54, 1.807) is 16.0 Å². The van der Waals surface area contributed by atoms with Crippen LogP contribution in [0.2, 0.25) is 0 Å². The molecule has 1 aromatic carbocycles. The fourth-order valence-corrected chi connectivity index (χ4v) is 2.74. The molecule has 124 valence electrons. The molecule has 3 aromatic rings. The van der Waals surface area contributed by atoms with Gasteiger partial charge in [-0.1, -0.05) is 0 Å². The SMILES string of the molecule is O=C(COc1ccc(F)cc1)NCCn1ccc(-c2ccsc2)n1. The highest BCUT2D eigenvalue weighted by atomic mass is 32.1. The second-order valence-electron chi connectivity index (χ2n) is 5.07. The van der Waals surface area contributed by atoms with Gasteiger partial charge in [-0.25, -0.2) is 4.39 Å². The molecule has 0 aliphatic heterocycles. The van der Waals surface area contributed by atoms with Crippen LogP contribution >= 0.6 is 11.3 Å². The monoisotopic (exact) mass is 345 g/mol. The van der Waals surface area contributed by atoms with Crippen LogP contribution in [0.15, 0.2) is 53.4 Å². The van der Waals surface area contributed by atoms with Crippen molar-refractivity contribution in [2.75, 3.05) is 13.2 Å². The molecular formula is C17H16FN3O2S. The topological polar surface area (TPSA) is 56.1 Å². The normalized spacial score (nSPS) is 10.5. The van der Waals surface area contributed by atoms with Gasteiger partial charge in [0.2, 0.25) is 0 Å². The van der Waals surface area contributed by atoms with E-state index in [0.717, 1.165) is 11.3 Å². The zero-order valence-electron chi connectivity index (χ0n) is 12.8. The third kappa shape index (κ3) is 4.42. The van der Waals surface area contributed by atoms with E-state index >= 15 is 0 Å². The first-order chi connectivity index (χ1) is 11.7. The smallest absolute Gasteiger partial charge is 0.258 e. The second kappa shape index (κ2) is 7.74. The molecule has 0 bridgehead atoms. The Morgan fingerprint density at radius 1 is 1.25 bits per heavy atom. The predicted octanol–water partition coefficient (Wildman–Crippen LogP) is 2.95. The van der Waals surface area contributed by atoms with E-state index < -0.39 is 0 Å². The van der Waals surface area contributed by atoms with Crippen molar-refractivity contribution in [3.05, 3.63) is 59.2 Å². The molecule has 0 fully saturated rings. The number of nitrogens with zero attached hydrogens (tertiary/aromatic N) is 2. The maximum atomic E-state index is 12.8. The van der Waals surface area contributed by atoms with Crippen molar-refractivity contribution in [1.29, 1.82) is 0 Å². The maximum absolute atomic E-state index is 12.8. The third-order valence-electron chi connectivity index (χ3n) is 3.30. The molecule has 1 N–H and O–H groups in total. The molecule has 0 radical (unpaired) electrons. The molecule has 2 aromatic heterocycles. The van der Waals surface area contributed by atoms with E-state index in [2.05, 4.69) is 10.4 Å². The van der Waals surface area contributed by atoms with Crippen LogP contribution in [-0.4, -0.2) is 28.8 Å². The first-order valence-electron chi connectivity index (χ1n) is 7.42. The minimum atomic E-state index is -0.340. The highest BCUT2D eigenvalue weighted by Gasteiger charge is 2.05. The number of hydrogen-bond acceptors (Lipinski definition) is 4. The number of rotatable bonds is 7. The molecule has 0 aliphatic rings. The number of carbonyl (C=O) groups excluding carboxylic acids is 1. The largest absolute Gasteiger partial charge is 0.484 e. The minimum Gasteiger partial charge on any atom is -0.484 e. The first kappa shape index (κ1) is 16.2. The van der Waals surface area contributed by atoms with Gasteiger partial charge in [0.05, 0.1) is 12.2 Å². The Balaban J connectivity index is 1.40. The number of ether oxygens (including phenoxy) is 1. The lowest BCUT2D eigenvalue weighted by molar-refractivity contribution is -0.123. The van der Waals surface area contributed by atoms with Crippen LogP contribution in [-0.2, 0) is 11.3 Å². The summed E-state index contributed by atoms with van der Waals surface area (Å²) in [7, 11) is 0. The van der Waals surface area contributed by atoms with Gasteiger partial charge in [0.15, 0.2) is 6.61 Å². The van der Waals surface area contributed by atoms with Crippen LogP contribution in [0.5, 0.6) is 5.75 Å². The molecule has 5 nitrogen and oxygen atoms in total. The molecule has 2 heterocycles. The van der Waals surface area contributed by atoms with Gasteiger partial charge >= 0.3 is 0 Å². The van der Waals surface area contributed by atoms with Crippen molar-refractivity contribution in [3.63, 3.8) is 0 Å². The van der Waals surface area contributed by atoms with E-state index in [1.165, 1.54) is 24.3 Å². The summed E-state index contributed by atoms with van der Waals surface area (Å²) in [4.78, 5) is 11.7. The van der Waals surface area contributed by atoms with E-state index in [4.69, 9.17) is 4.74 Å². The van der Waals surface area contributed by atoms with Gasteiger partial charge in [0, 0.05) is 23.7 Å². The Bertz CT molecular complexity index is 785. The van der Waals surface area contributed by atoms with E-state index in [9.17, 15) is 9.18 Å². The number of benzene rings is 1. The summed E-state index contributed by atoms with van der Waals surface area (Å²) < 4.78 is 19.8. The fourth-order valence-electron chi connectivity index (χ4n) is 2.09. The van der Waals surface area contributed by atoms with Crippen molar-refractivity contribution in [3.8, 4) is 17.0 Å². The summed E-state index contributed by atoms with van der Waals surface area (Å²) in [5.74, 6) is -0.114. The summed E-state index contributed by atoms with van der Waals surface area (Å²) in [5, 5.41) is 11.3. The zero-order chi connectivity index (χ0) is 16.8. The molecule has 0 atom stereocenters. The molecule has 1 amide bonds. The number of nitrogens with one attached hydrogen (secondary N) is 1. The summed E-state index contributed by atoms with van der Waals surface area (Å²) >= 11 is 1.63. The molecule has 0 aliphatic carbocycles. The van der Waals surface area contributed by atoms with Gasteiger partial charge in [-0.05, 0) is 41.8 Å². The quantitative estimate of drug-likeness (QED) is 0.716. The average molecular weight is 345 g/mol. The van der Waals surface area contributed by atoms with E-state index in [1.807, 2.05) is 29.1 Å². The number of halogens is 1. The lowest BCUT2D eigenvalue weighted by Gasteiger charge is -2.07. The number of carbonyl (C=O) groups is 1. The highest BCUT2D eigenvalue weighted by molar-refractivity contribution is 7.08. The predicted molar refractivity (Wildman–Crippen MR) is 90.4 cm³/mol. The Morgan fingerprint density at radius 3 is 2.83 bits per heavy atom. The molecule has 0 spiro atoms. The van der Waals surface area contributed by atoms with Gasteiger partial charge in [0.1, 0.15) is 11.6 Å². The zero-order valence-corrected chi connectivity index (χ0v) is 13.6. The van der Waals surface area contributed by atoms with Gasteiger partial charge in [-0.2, -0.15) is 16.4 Å². The molecule has 7 heteroatoms. The summed E-state index contributed by atoms with van der Waals surface area (Å²) in [5.41, 5.74) is 2.01. The van der Waals surface area contributed by atoms with Crippen LogP contribution in [0.25, 0.3) is 11.3 Å². The van der Waals surface area contributed by atoms with Crippen molar-refractivity contribution in [1.82, 2.24) is 15.1 Å². The van der Waals surface area contributed by atoms with Crippen molar-refractivity contribution in [2.45, 2.75) is 6.54 Å². The van der Waals surface area contributed by atoms with Crippen molar-refractivity contribution in [2.24, 2.45) is 0 Å². The minimum absolute atomic E-state index is 0.106. The molecule has 0 unspecified atom stereocenters. The summed E-state index contributed by atoms with van der Waals surface area (Å²) in [6, 6.07) is 9.51. The molecule has 0 saturated heterocycles.